The summed E-state index contributed by atoms with van der Waals surface area (Å²) in [6, 6.07) is 7.43. The first-order chi connectivity index (χ1) is 13.3. The average Bonchev–Trinajstić information content (AvgIpc) is 3.14. The number of amides is 1. The highest BCUT2D eigenvalue weighted by Gasteiger charge is 2.30. The lowest BCUT2D eigenvalue weighted by Gasteiger charge is -2.34. The van der Waals surface area contributed by atoms with Crippen molar-refractivity contribution < 1.29 is 13.2 Å². The number of likely N-dealkylation sites (N-methyl/N-ethyl adjacent to an activating group) is 1. The van der Waals surface area contributed by atoms with Crippen LogP contribution in [-0.2, 0) is 21.4 Å². The second kappa shape index (κ2) is 8.73. The van der Waals surface area contributed by atoms with Gasteiger partial charge in [0.05, 0.1) is 11.4 Å². The van der Waals surface area contributed by atoms with E-state index in [9.17, 15) is 13.2 Å². The van der Waals surface area contributed by atoms with E-state index in [4.69, 9.17) is 0 Å². The van der Waals surface area contributed by atoms with Crippen LogP contribution in [0.2, 0.25) is 0 Å². The third-order valence-electron chi connectivity index (χ3n) is 5.06. The molecule has 0 bridgehead atoms. The fourth-order valence-electron chi connectivity index (χ4n) is 3.41. The molecule has 1 aliphatic heterocycles. The van der Waals surface area contributed by atoms with Gasteiger partial charge >= 0.3 is 0 Å². The van der Waals surface area contributed by atoms with Crippen LogP contribution >= 0.6 is 11.3 Å². The maximum atomic E-state index is 13.0. The number of benzene rings is 1. The molecule has 0 spiro atoms. The highest BCUT2D eigenvalue weighted by Crippen LogP contribution is 2.22. The Morgan fingerprint density at radius 1 is 1.14 bits per heavy atom. The summed E-state index contributed by atoms with van der Waals surface area (Å²) in [5, 5.41) is 4.05. The molecule has 0 N–H and O–H groups in total. The first-order valence-electron chi connectivity index (χ1n) is 9.32. The van der Waals surface area contributed by atoms with Crippen molar-refractivity contribution in [3.05, 3.63) is 51.7 Å². The Bertz CT molecular complexity index is 918. The molecular formula is C20H27N3O3S2. The maximum absolute atomic E-state index is 13.0. The molecule has 1 aromatic carbocycles. The van der Waals surface area contributed by atoms with E-state index in [0.717, 1.165) is 16.7 Å². The molecule has 0 saturated carbocycles. The van der Waals surface area contributed by atoms with E-state index in [0.29, 0.717) is 44.2 Å². The van der Waals surface area contributed by atoms with Gasteiger partial charge in [-0.25, -0.2) is 8.42 Å². The fraction of sp³-hybridized carbons (Fsp3) is 0.450. The van der Waals surface area contributed by atoms with Crippen LogP contribution < -0.4 is 0 Å². The van der Waals surface area contributed by atoms with Gasteiger partial charge in [0.15, 0.2) is 0 Å². The standard InChI is InChI=1S/C20H27N3O3S2/c1-16-4-5-19(17(2)12-16)28(25,26)23-9-7-22(8-10-23)14-20(24)21(3)13-18-6-11-27-15-18/h4-6,11-12,15H,7-10,13-14H2,1-3H3. The Morgan fingerprint density at radius 3 is 2.46 bits per heavy atom. The smallest absolute Gasteiger partial charge is 0.243 e. The number of nitrogens with zero attached hydrogens (tertiary/aromatic N) is 3. The number of sulfonamides is 1. The maximum Gasteiger partial charge on any atom is 0.243 e. The summed E-state index contributed by atoms with van der Waals surface area (Å²) in [4.78, 5) is 16.6. The third-order valence-corrected chi connectivity index (χ3v) is 7.85. The zero-order valence-corrected chi connectivity index (χ0v) is 18.2. The van der Waals surface area contributed by atoms with Crippen LogP contribution in [0.25, 0.3) is 0 Å². The molecule has 0 aliphatic carbocycles. The van der Waals surface area contributed by atoms with Crippen molar-refractivity contribution >= 4 is 27.3 Å². The SMILES string of the molecule is Cc1ccc(S(=O)(=O)N2CCN(CC(=O)N(C)Cc3ccsc3)CC2)c(C)c1. The summed E-state index contributed by atoms with van der Waals surface area (Å²) in [6.07, 6.45) is 0. The van der Waals surface area contributed by atoms with Crippen molar-refractivity contribution in [3.8, 4) is 0 Å². The van der Waals surface area contributed by atoms with Crippen LogP contribution in [0.15, 0.2) is 39.9 Å². The first kappa shape index (κ1) is 21.0. The van der Waals surface area contributed by atoms with Gasteiger partial charge in [-0.2, -0.15) is 15.6 Å². The third kappa shape index (κ3) is 4.81. The van der Waals surface area contributed by atoms with Gasteiger partial charge in [0.2, 0.25) is 15.9 Å². The first-order valence-corrected chi connectivity index (χ1v) is 11.7. The Morgan fingerprint density at radius 2 is 1.86 bits per heavy atom. The van der Waals surface area contributed by atoms with E-state index in [1.807, 2.05) is 47.7 Å². The van der Waals surface area contributed by atoms with Crippen molar-refractivity contribution in [3.63, 3.8) is 0 Å². The number of carbonyl (C=O) groups is 1. The average molecular weight is 422 g/mol. The summed E-state index contributed by atoms with van der Waals surface area (Å²) >= 11 is 1.62. The topological polar surface area (TPSA) is 60.9 Å². The molecule has 3 rings (SSSR count). The van der Waals surface area contributed by atoms with Gasteiger partial charge in [0, 0.05) is 39.8 Å². The van der Waals surface area contributed by atoms with Gasteiger partial charge in [-0.3, -0.25) is 9.69 Å². The molecule has 6 nitrogen and oxygen atoms in total. The molecule has 0 radical (unpaired) electrons. The lowest BCUT2D eigenvalue weighted by molar-refractivity contribution is -0.131. The van der Waals surface area contributed by atoms with E-state index < -0.39 is 10.0 Å². The molecular weight excluding hydrogens is 394 g/mol. The predicted molar refractivity (Wildman–Crippen MR) is 112 cm³/mol. The highest BCUT2D eigenvalue weighted by atomic mass is 32.2. The molecule has 2 heterocycles. The highest BCUT2D eigenvalue weighted by molar-refractivity contribution is 7.89. The van der Waals surface area contributed by atoms with E-state index in [1.54, 1.807) is 29.4 Å². The van der Waals surface area contributed by atoms with Gasteiger partial charge in [-0.05, 0) is 47.9 Å². The molecule has 1 amide bonds. The Labute approximate surface area is 171 Å². The van der Waals surface area contributed by atoms with Gasteiger partial charge in [0.1, 0.15) is 0 Å². The van der Waals surface area contributed by atoms with Crippen molar-refractivity contribution in [1.29, 1.82) is 0 Å². The predicted octanol–water partition coefficient (Wildman–Crippen LogP) is 2.33. The van der Waals surface area contributed by atoms with Crippen molar-refractivity contribution in [2.24, 2.45) is 0 Å². The van der Waals surface area contributed by atoms with Crippen molar-refractivity contribution in [2.75, 3.05) is 39.8 Å². The number of piperazine rings is 1. The zero-order chi connectivity index (χ0) is 20.3. The van der Waals surface area contributed by atoms with Crippen LogP contribution in [0.1, 0.15) is 16.7 Å². The number of thiophene rings is 1. The second-order valence-corrected chi connectivity index (χ2v) is 10.0. The fourth-order valence-corrected chi connectivity index (χ4v) is 5.70. The van der Waals surface area contributed by atoms with E-state index in [2.05, 4.69) is 0 Å². The number of rotatable bonds is 6. The summed E-state index contributed by atoms with van der Waals surface area (Å²) in [5.41, 5.74) is 2.95. The molecule has 1 fully saturated rings. The van der Waals surface area contributed by atoms with Crippen LogP contribution in [0.5, 0.6) is 0 Å². The largest absolute Gasteiger partial charge is 0.340 e. The van der Waals surface area contributed by atoms with Crippen LogP contribution in [0.3, 0.4) is 0 Å². The normalized spacial score (nSPS) is 16.2. The second-order valence-electron chi connectivity index (χ2n) is 7.33. The van der Waals surface area contributed by atoms with Gasteiger partial charge in [-0.1, -0.05) is 17.7 Å². The summed E-state index contributed by atoms with van der Waals surface area (Å²) in [5.74, 6) is 0.0527. The van der Waals surface area contributed by atoms with E-state index in [-0.39, 0.29) is 5.91 Å². The number of carbonyl (C=O) groups excluding carboxylic acids is 1. The van der Waals surface area contributed by atoms with Crippen molar-refractivity contribution in [2.45, 2.75) is 25.3 Å². The van der Waals surface area contributed by atoms with Gasteiger partial charge in [-0.15, -0.1) is 0 Å². The molecule has 1 aliphatic rings. The molecule has 8 heteroatoms. The summed E-state index contributed by atoms with van der Waals surface area (Å²) < 4.78 is 27.5. The van der Waals surface area contributed by atoms with Gasteiger partial charge in [0.25, 0.3) is 0 Å². The minimum Gasteiger partial charge on any atom is -0.340 e. The Hall–Kier alpha value is -1.74. The molecule has 1 saturated heterocycles. The molecule has 28 heavy (non-hydrogen) atoms. The monoisotopic (exact) mass is 421 g/mol. The minimum atomic E-state index is -3.50. The van der Waals surface area contributed by atoms with Crippen LogP contribution in [-0.4, -0.2) is 68.2 Å². The Kier molecular flexibility index (Phi) is 6.54. The minimum absolute atomic E-state index is 0.0527. The number of hydrogen-bond donors (Lipinski definition) is 0. The quantitative estimate of drug-likeness (QED) is 0.718. The van der Waals surface area contributed by atoms with Crippen LogP contribution in [0, 0.1) is 13.8 Å². The lowest BCUT2D eigenvalue weighted by atomic mass is 10.2. The molecule has 2 aromatic rings. The summed E-state index contributed by atoms with van der Waals surface area (Å²) in [6.45, 7) is 6.62. The van der Waals surface area contributed by atoms with Crippen LogP contribution in [0.4, 0.5) is 0 Å². The number of hydrogen-bond acceptors (Lipinski definition) is 5. The number of aryl methyl sites for hydroxylation is 2. The van der Waals surface area contributed by atoms with E-state index in [1.165, 1.54) is 4.31 Å². The van der Waals surface area contributed by atoms with Crippen molar-refractivity contribution in [1.82, 2.24) is 14.1 Å². The lowest BCUT2D eigenvalue weighted by Crippen LogP contribution is -2.51. The zero-order valence-electron chi connectivity index (χ0n) is 16.6. The molecule has 0 atom stereocenters. The molecule has 152 valence electrons. The van der Waals surface area contributed by atoms with E-state index >= 15 is 0 Å². The molecule has 0 unspecified atom stereocenters. The summed E-state index contributed by atoms with van der Waals surface area (Å²) in [7, 11) is -1.69. The molecule has 1 aromatic heterocycles. The Balaban J connectivity index is 1.55. The van der Waals surface area contributed by atoms with Gasteiger partial charge < -0.3 is 4.90 Å².